The predicted molar refractivity (Wildman–Crippen MR) is 110 cm³/mol. The van der Waals surface area contributed by atoms with E-state index in [4.69, 9.17) is 18.9 Å². The van der Waals surface area contributed by atoms with Crippen LogP contribution in [0.2, 0.25) is 0 Å². The molecule has 1 heterocycles. The number of benzene rings is 2. The maximum Gasteiger partial charge on any atom is 0.253 e. The number of aromatic nitrogens is 1. The number of rotatable bonds is 7. The van der Waals surface area contributed by atoms with Gasteiger partial charge in [-0.15, -0.1) is 0 Å². The SMILES string of the molecule is COc1ccc2nc(C)c(C(=O)NCc3cc(OC)c(OC)cc3OC)cc2c1. The van der Waals surface area contributed by atoms with Gasteiger partial charge in [0.15, 0.2) is 11.5 Å². The molecule has 29 heavy (non-hydrogen) atoms. The standard InChI is InChI=1S/C22H24N2O5/c1-13-17(9-14-8-16(26-2)6-7-18(14)24-13)22(25)23-12-15-10-20(28-4)21(29-5)11-19(15)27-3/h6-11H,12H2,1-5H3,(H,23,25). The van der Waals surface area contributed by atoms with Gasteiger partial charge in [-0.1, -0.05) is 0 Å². The first-order valence-corrected chi connectivity index (χ1v) is 9.03. The first-order chi connectivity index (χ1) is 14.0. The van der Waals surface area contributed by atoms with Crippen LogP contribution in [-0.4, -0.2) is 39.3 Å². The summed E-state index contributed by atoms with van der Waals surface area (Å²) in [6.45, 7) is 2.08. The fourth-order valence-electron chi connectivity index (χ4n) is 3.11. The molecule has 0 bridgehead atoms. The van der Waals surface area contributed by atoms with Crippen LogP contribution in [0.3, 0.4) is 0 Å². The molecule has 0 saturated carbocycles. The predicted octanol–water partition coefficient (Wildman–Crippen LogP) is 3.51. The lowest BCUT2D eigenvalue weighted by Crippen LogP contribution is -2.24. The third-order valence-electron chi connectivity index (χ3n) is 4.68. The Bertz CT molecular complexity index is 1050. The van der Waals surface area contributed by atoms with E-state index < -0.39 is 0 Å². The number of hydrogen-bond acceptors (Lipinski definition) is 6. The fourth-order valence-corrected chi connectivity index (χ4v) is 3.11. The van der Waals surface area contributed by atoms with E-state index in [1.54, 1.807) is 40.6 Å². The molecule has 7 heteroatoms. The third kappa shape index (κ3) is 4.18. The number of nitrogens with one attached hydrogen (secondary N) is 1. The van der Waals surface area contributed by atoms with Crippen LogP contribution in [0.4, 0.5) is 0 Å². The summed E-state index contributed by atoms with van der Waals surface area (Å²) in [5, 5.41) is 3.76. The molecular weight excluding hydrogens is 372 g/mol. The van der Waals surface area contributed by atoms with E-state index in [9.17, 15) is 4.79 Å². The molecule has 1 N–H and O–H groups in total. The van der Waals surface area contributed by atoms with E-state index in [1.807, 2.05) is 31.2 Å². The Balaban J connectivity index is 1.86. The van der Waals surface area contributed by atoms with E-state index in [-0.39, 0.29) is 12.5 Å². The second kappa shape index (κ2) is 8.68. The number of ether oxygens (including phenoxy) is 4. The van der Waals surface area contributed by atoms with E-state index in [0.717, 1.165) is 16.5 Å². The van der Waals surface area contributed by atoms with Gasteiger partial charge in [0, 0.05) is 23.6 Å². The number of pyridine rings is 1. The Morgan fingerprint density at radius 3 is 2.24 bits per heavy atom. The van der Waals surface area contributed by atoms with Crippen molar-refractivity contribution < 1.29 is 23.7 Å². The summed E-state index contributed by atoms with van der Waals surface area (Å²) < 4.78 is 21.3. The van der Waals surface area contributed by atoms with Crippen LogP contribution < -0.4 is 24.3 Å². The Morgan fingerprint density at radius 2 is 1.59 bits per heavy atom. The molecule has 0 aliphatic rings. The van der Waals surface area contributed by atoms with Gasteiger partial charge in [-0.3, -0.25) is 9.78 Å². The summed E-state index contributed by atoms with van der Waals surface area (Å²) in [6, 6.07) is 10.9. The molecule has 0 aliphatic heterocycles. The van der Waals surface area contributed by atoms with Crippen molar-refractivity contribution in [2.24, 2.45) is 0 Å². The molecule has 0 unspecified atom stereocenters. The van der Waals surface area contributed by atoms with Crippen molar-refractivity contribution in [2.45, 2.75) is 13.5 Å². The number of carbonyl (C=O) groups excluding carboxylic acids is 1. The zero-order chi connectivity index (χ0) is 21.0. The molecule has 3 aromatic rings. The summed E-state index contributed by atoms with van der Waals surface area (Å²) in [4.78, 5) is 17.4. The second-order valence-electron chi connectivity index (χ2n) is 6.38. The van der Waals surface area contributed by atoms with Gasteiger partial charge >= 0.3 is 0 Å². The minimum atomic E-state index is -0.225. The number of amides is 1. The van der Waals surface area contributed by atoms with Gasteiger partial charge < -0.3 is 24.3 Å². The molecular formula is C22H24N2O5. The van der Waals surface area contributed by atoms with Crippen molar-refractivity contribution in [3.63, 3.8) is 0 Å². The van der Waals surface area contributed by atoms with Crippen LogP contribution in [-0.2, 0) is 6.54 Å². The quantitative estimate of drug-likeness (QED) is 0.658. The maximum absolute atomic E-state index is 12.8. The molecule has 2 aromatic carbocycles. The smallest absolute Gasteiger partial charge is 0.253 e. The molecule has 1 aromatic heterocycles. The van der Waals surface area contributed by atoms with Crippen LogP contribution in [0.25, 0.3) is 10.9 Å². The van der Waals surface area contributed by atoms with Gasteiger partial charge in [-0.05, 0) is 37.3 Å². The number of methoxy groups -OCH3 is 4. The van der Waals surface area contributed by atoms with Crippen LogP contribution >= 0.6 is 0 Å². The highest BCUT2D eigenvalue weighted by Gasteiger charge is 2.15. The van der Waals surface area contributed by atoms with Crippen LogP contribution in [0.5, 0.6) is 23.0 Å². The fraction of sp³-hybridized carbons (Fsp3) is 0.273. The van der Waals surface area contributed by atoms with Crippen molar-refractivity contribution in [1.29, 1.82) is 0 Å². The normalized spacial score (nSPS) is 10.5. The Hall–Kier alpha value is -3.48. The molecule has 1 amide bonds. The summed E-state index contributed by atoms with van der Waals surface area (Å²) in [5.41, 5.74) is 2.73. The van der Waals surface area contributed by atoms with Gasteiger partial charge in [0.1, 0.15) is 11.5 Å². The third-order valence-corrected chi connectivity index (χ3v) is 4.68. The summed E-state index contributed by atoms with van der Waals surface area (Å²) in [5.74, 6) is 2.21. The van der Waals surface area contributed by atoms with Crippen LogP contribution in [0, 0.1) is 6.92 Å². The minimum absolute atomic E-state index is 0.225. The summed E-state index contributed by atoms with van der Waals surface area (Å²) in [7, 11) is 6.29. The first-order valence-electron chi connectivity index (χ1n) is 9.03. The zero-order valence-corrected chi connectivity index (χ0v) is 17.2. The molecule has 152 valence electrons. The van der Waals surface area contributed by atoms with Gasteiger partial charge in [-0.2, -0.15) is 0 Å². The molecule has 0 spiro atoms. The summed E-state index contributed by atoms with van der Waals surface area (Å²) in [6.07, 6.45) is 0. The lowest BCUT2D eigenvalue weighted by Gasteiger charge is -2.15. The number of fused-ring (bicyclic) bond motifs is 1. The molecule has 0 radical (unpaired) electrons. The number of nitrogens with zero attached hydrogens (tertiary/aromatic N) is 1. The Labute approximate surface area is 169 Å². The largest absolute Gasteiger partial charge is 0.497 e. The van der Waals surface area contributed by atoms with Crippen molar-refractivity contribution >= 4 is 16.8 Å². The van der Waals surface area contributed by atoms with E-state index in [0.29, 0.717) is 34.3 Å². The molecule has 7 nitrogen and oxygen atoms in total. The van der Waals surface area contributed by atoms with Gasteiger partial charge in [0.05, 0.1) is 45.2 Å². The molecule has 3 rings (SSSR count). The highest BCUT2D eigenvalue weighted by Crippen LogP contribution is 2.34. The Kier molecular flexibility index (Phi) is 6.07. The van der Waals surface area contributed by atoms with Crippen molar-refractivity contribution in [3.05, 3.63) is 53.2 Å². The first kappa shape index (κ1) is 20.3. The average molecular weight is 396 g/mol. The molecule has 0 fully saturated rings. The lowest BCUT2D eigenvalue weighted by atomic mass is 10.1. The van der Waals surface area contributed by atoms with Gasteiger partial charge in [0.25, 0.3) is 5.91 Å². The number of carbonyl (C=O) groups is 1. The average Bonchev–Trinajstić information content (AvgIpc) is 2.75. The van der Waals surface area contributed by atoms with E-state index in [1.165, 1.54) is 0 Å². The number of hydrogen-bond donors (Lipinski definition) is 1. The summed E-state index contributed by atoms with van der Waals surface area (Å²) >= 11 is 0. The molecule has 0 aliphatic carbocycles. The van der Waals surface area contributed by atoms with Gasteiger partial charge in [0.2, 0.25) is 0 Å². The maximum atomic E-state index is 12.8. The van der Waals surface area contributed by atoms with Crippen LogP contribution in [0.15, 0.2) is 36.4 Å². The van der Waals surface area contributed by atoms with Gasteiger partial charge in [-0.25, -0.2) is 0 Å². The lowest BCUT2D eigenvalue weighted by molar-refractivity contribution is 0.0949. The zero-order valence-electron chi connectivity index (χ0n) is 17.2. The monoisotopic (exact) mass is 396 g/mol. The highest BCUT2D eigenvalue weighted by atomic mass is 16.5. The van der Waals surface area contributed by atoms with Crippen molar-refractivity contribution in [2.75, 3.05) is 28.4 Å². The Morgan fingerprint density at radius 1 is 0.897 bits per heavy atom. The van der Waals surface area contributed by atoms with Crippen molar-refractivity contribution in [1.82, 2.24) is 10.3 Å². The van der Waals surface area contributed by atoms with Crippen molar-refractivity contribution in [3.8, 4) is 23.0 Å². The van der Waals surface area contributed by atoms with Crippen LogP contribution in [0.1, 0.15) is 21.6 Å². The second-order valence-corrected chi connectivity index (χ2v) is 6.38. The minimum Gasteiger partial charge on any atom is -0.497 e. The van der Waals surface area contributed by atoms with E-state index in [2.05, 4.69) is 10.3 Å². The highest BCUT2D eigenvalue weighted by molar-refractivity contribution is 5.98. The molecule has 0 saturated heterocycles. The topological polar surface area (TPSA) is 78.9 Å². The van der Waals surface area contributed by atoms with E-state index >= 15 is 0 Å². The number of aryl methyl sites for hydroxylation is 1. The molecule has 0 atom stereocenters.